The molecule has 0 fully saturated rings. The SMILES string of the molecule is CC.COC(=O)C(Cc1cn(C(c2ccccc2)(c2ccccc2)c2ccccc2)cn1)OC. The highest BCUT2D eigenvalue weighted by Gasteiger charge is 2.38. The van der Waals surface area contributed by atoms with Crippen LogP contribution in [0, 0.1) is 0 Å². The van der Waals surface area contributed by atoms with E-state index in [4.69, 9.17) is 9.47 Å². The molecular weight excluding hydrogens is 424 g/mol. The highest BCUT2D eigenvalue weighted by Crippen LogP contribution is 2.40. The predicted octanol–water partition coefficient (Wildman–Crippen LogP) is 5.48. The van der Waals surface area contributed by atoms with E-state index >= 15 is 0 Å². The van der Waals surface area contributed by atoms with Crippen LogP contribution in [0.3, 0.4) is 0 Å². The van der Waals surface area contributed by atoms with Gasteiger partial charge < -0.3 is 14.0 Å². The average Bonchev–Trinajstić information content (AvgIpc) is 3.39. The molecule has 0 saturated carbocycles. The van der Waals surface area contributed by atoms with E-state index in [1.54, 1.807) is 0 Å². The summed E-state index contributed by atoms with van der Waals surface area (Å²) in [5.41, 5.74) is 3.44. The van der Waals surface area contributed by atoms with Gasteiger partial charge in [0.2, 0.25) is 0 Å². The van der Waals surface area contributed by atoms with Crippen molar-refractivity contribution in [2.45, 2.75) is 31.9 Å². The van der Waals surface area contributed by atoms with Crippen molar-refractivity contribution < 1.29 is 14.3 Å². The van der Waals surface area contributed by atoms with Crippen molar-refractivity contribution in [2.24, 2.45) is 0 Å². The van der Waals surface area contributed by atoms with Crippen molar-refractivity contribution in [1.82, 2.24) is 9.55 Å². The maximum atomic E-state index is 12.0. The first-order chi connectivity index (χ1) is 16.7. The van der Waals surface area contributed by atoms with Gasteiger partial charge in [-0.3, -0.25) is 0 Å². The Bertz CT molecular complexity index is 1050. The molecule has 0 aliphatic heterocycles. The molecule has 5 heteroatoms. The van der Waals surface area contributed by atoms with Crippen LogP contribution in [0.2, 0.25) is 0 Å². The van der Waals surface area contributed by atoms with Gasteiger partial charge in [-0.1, -0.05) is 105 Å². The van der Waals surface area contributed by atoms with Crippen LogP contribution in [0.1, 0.15) is 36.2 Å². The molecule has 4 aromatic rings. The number of rotatable bonds is 8. The molecule has 0 N–H and O–H groups in total. The van der Waals surface area contributed by atoms with E-state index in [0.717, 1.165) is 22.4 Å². The summed E-state index contributed by atoms with van der Waals surface area (Å²) >= 11 is 0. The Labute approximate surface area is 202 Å². The van der Waals surface area contributed by atoms with Crippen molar-refractivity contribution in [1.29, 1.82) is 0 Å². The Hall–Kier alpha value is -3.70. The molecule has 3 aromatic carbocycles. The quantitative estimate of drug-likeness (QED) is 0.260. The first-order valence-electron chi connectivity index (χ1n) is 11.5. The third kappa shape index (κ3) is 4.95. The van der Waals surface area contributed by atoms with Crippen LogP contribution in [-0.2, 0) is 26.2 Å². The number of esters is 1. The van der Waals surface area contributed by atoms with Crippen molar-refractivity contribution in [3.05, 3.63) is 126 Å². The maximum Gasteiger partial charge on any atom is 0.335 e. The fourth-order valence-electron chi connectivity index (χ4n) is 4.22. The molecule has 1 unspecified atom stereocenters. The van der Waals surface area contributed by atoms with Crippen molar-refractivity contribution in [3.8, 4) is 0 Å². The molecule has 4 rings (SSSR count). The number of imidazole rings is 1. The van der Waals surface area contributed by atoms with Crippen LogP contribution in [0.25, 0.3) is 0 Å². The van der Waals surface area contributed by atoms with Crippen LogP contribution < -0.4 is 0 Å². The molecule has 176 valence electrons. The number of benzene rings is 3. The lowest BCUT2D eigenvalue weighted by molar-refractivity contribution is -0.152. The minimum Gasteiger partial charge on any atom is -0.467 e. The molecule has 0 aliphatic rings. The van der Waals surface area contributed by atoms with Crippen LogP contribution in [0.4, 0.5) is 0 Å². The average molecular weight is 457 g/mol. The second-order valence-electron chi connectivity index (χ2n) is 7.53. The molecule has 34 heavy (non-hydrogen) atoms. The monoisotopic (exact) mass is 456 g/mol. The van der Waals surface area contributed by atoms with Gasteiger partial charge in [0, 0.05) is 19.7 Å². The van der Waals surface area contributed by atoms with E-state index in [0.29, 0.717) is 6.42 Å². The number of nitrogens with zero attached hydrogens (tertiary/aromatic N) is 2. The smallest absolute Gasteiger partial charge is 0.335 e. The topological polar surface area (TPSA) is 53.4 Å². The summed E-state index contributed by atoms with van der Waals surface area (Å²) < 4.78 is 12.3. The molecule has 1 atom stereocenters. The molecule has 0 radical (unpaired) electrons. The lowest BCUT2D eigenvalue weighted by Crippen LogP contribution is -2.37. The van der Waals surface area contributed by atoms with Gasteiger partial charge in [0.25, 0.3) is 0 Å². The van der Waals surface area contributed by atoms with Crippen LogP contribution in [-0.4, -0.2) is 35.8 Å². The highest BCUT2D eigenvalue weighted by molar-refractivity contribution is 5.74. The van der Waals surface area contributed by atoms with Crippen molar-refractivity contribution in [3.63, 3.8) is 0 Å². The fourth-order valence-corrected chi connectivity index (χ4v) is 4.22. The summed E-state index contributed by atoms with van der Waals surface area (Å²) in [5, 5.41) is 0. The Morgan fingerprint density at radius 2 is 1.26 bits per heavy atom. The van der Waals surface area contributed by atoms with E-state index in [1.165, 1.54) is 14.2 Å². The summed E-state index contributed by atoms with van der Waals surface area (Å²) in [6.45, 7) is 4.00. The first kappa shape index (κ1) is 24.9. The zero-order valence-electron chi connectivity index (χ0n) is 20.2. The van der Waals surface area contributed by atoms with Gasteiger partial charge in [0.05, 0.1) is 19.1 Å². The van der Waals surface area contributed by atoms with E-state index in [1.807, 2.05) is 81.0 Å². The molecule has 0 aliphatic carbocycles. The zero-order valence-corrected chi connectivity index (χ0v) is 20.2. The maximum absolute atomic E-state index is 12.0. The second kappa shape index (κ2) is 12.0. The molecule has 0 saturated heterocycles. The van der Waals surface area contributed by atoms with Gasteiger partial charge in [-0.05, 0) is 16.7 Å². The van der Waals surface area contributed by atoms with Gasteiger partial charge >= 0.3 is 5.97 Å². The third-order valence-corrected chi connectivity index (χ3v) is 5.74. The minimum absolute atomic E-state index is 0.324. The van der Waals surface area contributed by atoms with Crippen LogP contribution in [0.15, 0.2) is 104 Å². The number of carbonyl (C=O) groups is 1. The van der Waals surface area contributed by atoms with E-state index in [9.17, 15) is 4.79 Å². The third-order valence-electron chi connectivity index (χ3n) is 5.74. The first-order valence-corrected chi connectivity index (χ1v) is 11.5. The molecule has 1 aromatic heterocycles. The summed E-state index contributed by atoms with van der Waals surface area (Å²) in [6.07, 6.45) is 3.43. The number of methoxy groups -OCH3 is 2. The Morgan fingerprint density at radius 3 is 1.65 bits per heavy atom. The molecule has 1 heterocycles. The molecule has 0 bridgehead atoms. The zero-order chi connectivity index (χ0) is 24.4. The van der Waals surface area contributed by atoms with Gasteiger partial charge in [-0.25, -0.2) is 9.78 Å². The normalized spacial score (nSPS) is 11.8. The van der Waals surface area contributed by atoms with E-state index in [2.05, 4.69) is 45.9 Å². The fraction of sp³-hybridized carbons (Fsp3) is 0.241. The molecule has 5 nitrogen and oxygen atoms in total. The van der Waals surface area contributed by atoms with Crippen molar-refractivity contribution in [2.75, 3.05) is 14.2 Å². The Kier molecular flexibility index (Phi) is 8.77. The van der Waals surface area contributed by atoms with Gasteiger partial charge in [-0.15, -0.1) is 0 Å². The minimum atomic E-state index is -0.706. The van der Waals surface area contributed by atoms with Gasteiger partial charge in [0.15, 0.2) is 6.10 Å². The standard InChI is InChI=1S/C27H26N2O3.C2H6/c1-31-25(26(30)32-2)18-24-19-29(20-28-24)27(21-12-6-3-7-13-21,22-14-8-4-9-15-22)23-16-10-5-11-17-23;1-2/h3-17,19-20,25H,18H2,1-2H3;1-2H3. The van der Waals surface area contributed by atoms with E-state index < -0.39 is 17.6 Å². The summed E-state index contributed by atoms with van der Waals surface area (Å²) in [7, 11) is 2.86. The number of hydrogen-bond acceptors (Lipinski definition) is 4. The number of hydrogen-bond donors (Lipinski definition) is 0. The number of carbonyl (C=O) groups excluding carboxylic acids is 1. The van der Waals surface area contributed by atoms with Crippen molar-refractivity contribution >= 4 is 5.97 Å². The van der Waals surface area contributed by atoms with Crippen LogP contribution in [0.5, 0.6) is 0 Å². The Morgan fingerprint density at radius 1 is 0.824 bits per heavy atom. The molecule has 0 spiro atoms. The highest BCUT2D eigenvalue weighted by atomic mass is 16.6. The predicted molar refractivity (Wildman–Crippen MR) is 135 cm³/mol. The summed E-state index contributed by atoms with van der Waals surface area (Å²) in [4.78, 5) is 16.7. The van der Waals surface area contributed by atoms with Gasteiger partial charge in [-0.2, -0.15) is 0 Å². The van der Waals surface area contributed by atoms with Gasteiger partial charge in [0.1, 0.15) is 5.54 Å². The lowest BCUT2D eigenvalue weighted by Gasteiger charge is -2.37. The molecular formula is C29H32N2O3. The largest absolute Gasteiger partial charge is 0.467 e. The van der Waals surface area contributed by atoms with Crippen LogP contribution >= 0.6 is 0 Å². The summed E-state index contributed by atoms with van der Waals surface area (Å²) in [6, 6.07) is 31.1. The Balaban J connectivity index is 0.00000158. The summed E-state index contributed by atoms with van der Waals surface area (Å²) in [5.74, 6) is -0.414. The molecule has 0 amide bonds. The number of ether oxygens (including phenoxy) is 2. The second-order valence-corrected chi connectivity index (χ2v) is 7.53. The number of aromatic nitrogens is 2. The lowest BCUT2D eigenvalue weighted by atomic mass is 9.77. The van der Waals surface area contributed by atoms with E-state index in [-0.39, 0.29) is 0 Å².